The van der Waals surface area contributed by atoms with Crippen LogP contribution in [0.25, 0.3) is 0 Å². The lowest BCUT2D eigenvalue weighted by Crippen LogP contribution is -2.43. The Bertz CT molecular complexity index is 925. The van der Waals surface area contributed by atoms with Gasteiger partial charge in [-0.2, -0.15) is 0 Å². The molecule has 4 nitrogen and oxygen atoms in total. The van der Waals surface area contributed by atoms with Gasteiger partial charge in [0, 0.05) is 35.2 Å². The molecule has 0 spiro atoms. The first kappa shape index (κ1) is 20.7. The minimum Gasteiger partial charge on any atom is -0.333 e. The SMILES string of the molecule is CN(Cc1ccc(Br)cc1Cl)C(=O)C(=O)N1CCCC1c1cc(F)ccc1F. The third-order valence-corrected chi connectivity index (χ3v) is 5.63. The molecule has 0 bridgehead atoms. The topological polar surface area (TPSA) is 40.6 Å². The summed E-state index contributed by atoms with van der Waals surface area (Å²) in [6.07, 6.45) is 1.09. The number of amides is 2. The van der Waals surface area contributed by atoms with E-state index in [0.717, 1.165) is 22.7 Å². The summed E-state index contributed by atoms with van der Waals surface area (Å²) in [7, 11) is 1.51. The molecule has 1 unspecified atom stereocenters. The van der Waals surface area contributed by atoms with Gasteiger partial charge in [-0.3, -0.25) is 9.59 Å². The van der Waals surface area contributed by atoms with Crippen molar-refractivity contribution in [2.24, 2.45) is 0 Å². The highest BCUT2D eigenvalue weighted by molar-refractivity contribution is 9.10. The Labute approximate surface area is 175 Å². The van der Waals surface area contributed by atoms with Crippen LogP contribution in [0.1, 0.15) is 30.0 Å². The van der Waals surface area contributed by atoms with Crippen molar-refractivity contribution < 1.29 is 18.4 Å². The molecular weight excluding hydrogens is 454 g/mol. The molecule has 0 N–H and O–H groups in total. The smallest absolute Gasteiger partial charge is 0.312 e. The lowest BCUT2D eigenvalue weighted by Gasteiger charge is -2.27. The van der Waals surface area contributed by atoms with Gasteiger partial charge in [0.2, 0.25) is 0 Å². The van der Waals surface area contributed by atoms with Crippen LogP contribution < -0.4 is 0 Å². The lowest BCUT2D eigenvalue weighted by molar-refractivity contribution is -0.152. The van der Waals surface area contributed by atoms with Gasteiger partial charge in [0.05, 0.1) is 6.04 Å². The summed E-state index contributed by atoms with van der Waals surface area (Å²) in [6.45, 7) is 0.474. The van der Waals surface area contributed by atoms with Crippen molar-refractivity contribution in [3.8, 4) is 0 Å². The fourth-order valence-electron chi connectivity index (χ4n) is 3.37. The van der Waals surface area contributed by atoms with Crippen LogP contribution in [0.2, 0.25) is 5.02 Å². The van der Waals surface area contributed by atoms with Crippen LogP contribution in [0, 0.1) is 11.6 Å². The molecule has 0 saturated carbocycles. The Morgan fingerprint density at radius 1 is 1.25 bits per heavy atom. The minimum atomic E-state index is -0.734. The summed E-state index contributed by atoms with van der Waals surface area (Å²) in [5, 5.41) is 0.474. The van der Waals surface area contributed by atoms with Crippen molar-refractivity contribution in [1.29, 1.82) is 0 Å². The van der Waals surface area contributed by atoms with Crippen LogP contribution in [0.3, 0.4) is 0 Å². The number of hydrogen-bond acceptors (Lipinski definition) is 2. The second-order valence-corrected chi connectivity index (χ2v) is 8.04. The van der Waals surface area contributed by atoms with E-state index >= 15 is 0 Å². The van der Waals surface area contributed by atoms with Crippen LogP contribution in [-0.2, 0) is 16.1 Å². The van der Waals surface area contributed by atoms with E-state index in [1.165, 1.54) is 16.8 Å². The minimum absolute atomic E-state index is 0.0947. The highest BCUT2D eigenvalue weighted by Gasteiger charge is 2.36. The van der Waals surface area contributed by atoms with Crippen LogP contribution in [0.4, 0.5) is 8.78 Å². The fraction of sp³-hybridized carbons (Fsp3) is 0.300. The van der Waals surface area contributed by atoms with Gasteiger partial charge in [0.1, 0.15) is 11.6 Å². The third-order valence-electron chi connectivity index (χ3n) is 4.78. The summed E-state index contributed by atoms with van der Waals surface area (Å²) in [5.74, 6) is -2.62. The van der Waals surface area contributed by atoms with Gasteiger partial charge < -0.3 is 9.80 Å². The second-order valence-electron chi connectivity index (χ2n) is 6.72. The van der Waals surface area contributed by atoms with E-state index in [1.54, 1.807) is 18.2 Å². The molecule has 8 heteroatoms. The number of rotatable bonds is 3. The Kier molecular flexibility index (Phi) is 6.35. The van der Waals surface area contributed by atoms with Gasteiger partial charge in [-0.15, -0.1) is 0 Å². The molecule has 148 valence electrons. The van der Waals surface area contributed by atoms with Crippen molar-refractivity contribution in [3.63, 3.8) is 0 Å². The summed E-state index contributed by atoms with van der Waals surface area (Å²) in [4.78, 5) is 28.0. The molecular formula is C20H18BrClF2N2O2. The molecule has 0 aromatic heterocycles. The lowest BCUT2D eigenvalue weighted by atomic mass is 10.0. The number of halogens is 4. The molecule has 0 radical (unpaired) electrons. The van der Waals surface area contributed by atoms with Crippen molar-refractivity contribution in [2.75, 3.05) is 13.6 Å². The number of carbonyl (C=O) groups is 2. The van der Waals surface area contributed by atoms with E-state index in [9.17, 15) is 18.4 Å². The molecule has 1 atom stereocenters. The van der Waals surface area contributed by atoms with E-state index in [4.69, 9.17) is 11.6 Å². The van der Waals surface area contributed by atoms with E-state index in [2.05, 4.69) is 15.9 Å². The van der Waals surface area contributed by atoms with Crippen molar-refractivity contribution in [1.82, 2.24) is 9.80 Å². The molecule has 1 fully saturated rings. The van der Waals surface area contributed by atoms with E-state index in [1.807, 2.05) is 0 Å². The maximum Gasteiger partial charge on any atom is 0.312 e. The Hall–Kier alpha value is -1.99. The van der Waals surface area contributed by atoms with Gasteiger partial charge >= 0.3 is 11.8 Å². The fourth-order valence-corrected chi connectivity index (χ4v) is 4.10. The largest absolute Gasteiger partial charge is 0.333 e. The zero-order valence-corrected chi connectivity index (χ0v) is 17.4. The zero-order chi connectivity index (χ0) is 20.4. The monoisotopic (exact) mass is 470 g/mol. The number of hydrogen-bond donors (Lipinski definition) is 0. The average Bonchev–Trinajstić information content (AvgIpc) is 3.14. The van der Waals surface area contributed by atoms with Gasteiger partial charge in [-0.05, 0) is 48.7 Å². The molecule has 2 aromatic carbocycles. The van der Waals surface area contributed by atoms with Gasteiger partial charge in [0.15, 0.2) is 0 Å². The maximum absolute atomic E-state index is 14.2. The molecule has 1 heterocycles. The standard InChI is InChI=1S/C20H18BrClF2N2O2/c1-25(11-12-4-5-13(21)9-16(12)22)19(27)20(28)26-8-2-3-18(26)15-10-14(23)6-7-17(15)24/h4-7,9-10,18H,2-3,8,11H2,1H3. The second kappa shape index (κ2) is 8.57. The van der Waals surface area contributed by atoms with Gasteiger partial charge in [-0.25, -0.2) is 8.78 Å². The Balaban J connectivity index is 1.76. The summed E-state index contributed by atoms with van der Waals surface area (Å²) < 4.78 is 28.5. The first-order chi connectivity index (χ1) is 13.3. The highest BCUT2D eigenvalue weighted by Crippen LogP contribution is 2.34. The van der Waals surface area contributed by atoms with Gasteiger partial charge in [0.25, 0.3) is 0 Å². The molecule has 3 rings (SSSR count). The van der Waals surface area contributed by atoms with Crippen LogP contribution in [-0.4, -0.2) is 35.2 Å². The zero-order valence-electron chi connectivity index (χ0n) is 15.1. The van der Waals surface area contributed by atoms with E-state index in [-0.39, 0.29) is 12.1 Å². The summed E-state index contributed by atoms with van der Waals surface area (Å²) in [5.41, 5.74) is 0.792. The normalized spacial score (nSPS) is 16.3. The third kappa shape index (κ3) is 4.36. The first-order valence-corrected chi connectivity index (χ1v) is 9.90. The Morgan fingerprint density at radius 3 is 2.71 bits per heavy atom. The molecule has 2 amide bonds. The van der Waals surface area contributed by atoms with Crippen molar-refractivity contribution >= 4 is 39.3 Å². The molecule has 1 aliphatic rings. The number of nitrogens with zero attached hydrogens (tertiary/aromatic N) is 2. The average molecular weight is 472 g/mol. The number of benzene rings is 2. The quantitative estimate of drug-likeness (QED) is 0.609. The van der Waals surface area contributed by atoms with Crippen molar-refractivity contribution in [2.45, 2.75) is 25.4 Å². The molecule has 28 heavy (non-hydrogen) atoms. The van der Waals surface area contributed by atoms with Crippen LogP contribution in [0.15, 0.2) is 40.9 Å². The number of likely N-dealkylation sites (N-methyl/N-ethyl adjacent to an activating group) is 1. The maximum atomic E-state index is 14.2. The van der Waals surface area contributed by atoms with E-state index < -0.39 is 29.5 Å². The Morgan fingerprint density at radius 2 is 2.00 bits per heavy atom. The van der Waals surface area contributed by atoms with Crippen LogP contribution in [0.5, 0.6) is 0 Å². The van der Waals surface area contributed by atoms with Gasteiger partial charge in [-0.1, -0.05) is 33.6 Å². The number of carbonyl (C=O) groups excluding carboxylic acids is 2. The first-order valence-electron chi connectivity index (χ1n) is 8.73. The molecule has 2 aromatic rings. The van der Waals surface area contributed by atoms with Crippen LogP contribution >= 0.6 is 27.5 Å². The summed E-state index contributed by atoms with van der Waals surface area (Å²) in [6, 6.07) is 7.76. The highest BCUT2D eigenvalue weighted by atomic mass is 79.9. The molecule has 1 saturated heterocycles. The van der Waals surface area contributed by atoms with Crippen molar-refractivity contribution in [3.05, 3.63) is 68.7 Å². The predicted octanol–water partition coefficient (Wildman–Crippen LogP) is 4.70. The molecule has 1 aliphatic heterocycles. The van der Waals surface area contributed by atoms with E-state index in [0.29, 0.717) is 30.0 Å². The molecule has 0 aliphatic carbocycles. The predicted molar refractivity (Wildman–Crippen MR) is 106 cm³/mol. The number of likely N-dealkylation sites (tertiary alicyclic amines) is 1. The summed E-state index contributed by atoms with van der Waals surface area (Å²) >= 11 is 9.50.